The van der Waals surface area contributed by atoms with Gasteiger partial charge in [-0.3, -0.25) is 0 Å². The van der Waals surface area contributed by atoms with Gasteiger partial charge in [0.1, 0.15) is 11.5 Å². The van der Waals surface area contributed by atoms with E-state index in [4.69, 9.17) is 16.7 Å². The molecule has 0 aliphatic heterocycles. The molecule has 0 bridgehead atoms. The lowest BCUT2D eigenvalue weighted by atomic mass is 10.2. The lowest BCUT2D eigenvalue weighted by Crippen LogP contribution is -1.99. The highest BCUT2D eigenvalue weighted by atomic mass is 35.5. The van der Waals surface area contributed by atoms with Crippen LogP contribution in [0.2, 0.25) is 5.02 Å². The lowest BCUT2D eigenvalue weighted by molar-refractivity contribution is 0.0690. The second-order valence-electron chi connectivity index (χ2n) is 3.72. The molecule has 0 fully saturated rings. The average Bonchev–Trinajstić information content (AvgIpc) is 2.40. The Bertz CT molecular complexity index is 621. The summed E-state index contributed by atoms with van der Waals surface area (Å²) in [7, 11) is 0. The van der Waals surface area contributed by atoms with E-state index in [1.165, 1.54) is 30.1 Å². The predicted molar refractivity (Wildman–Crippen MR) is 72.2 cm³/mol. The fourth-order valence-corrected chi connectivity index (χ4v) is 2.48. The zero-order valence-electron chi connectivity index (χ0n) is 9.64. The number of aromatic carboxylic acids is 1. The van der Waals surface area contributed by atoms with Crippen LogP contribution in [0.25, 0.3) is 0 Å². The van der Waals surface area contributed by atoms with Crippen molar-refractivity contribution in [3.8, 4) is 0 Å². The molecule has 1 aromatic carbocycles. The van der Waals surface area contributed by atoms with E-state index < -0.39 is 11.8 Å². The van der Waals surface area contributed by atoms with Crippen molar-refractivity contribution in [3.63, 3.8) is 0 Å². The molecule has 6 heteroatoms. The van der Waals surface area contributed by atoms with Crippen LogP contribution in [0.1, 0.15) is 16.1 Å². The molecule has 0 spiro atoms. The maximum absolute atomic E-state index is 13.0. The van der Waals surface area contributed by atoms with E-state index in [2.05, 4.69) is 4.98 Å². The van der Waals surface area contributed by atoms with Gasteiger partial charge in [-0.1, -0.05) is 17.7 Å². The van der Waals surface area contributed by atoms with Gasteiger partial charge in [0.2, 0.25) is 0 Å². The summed E-state index contributed by atoms with van der Waals surface area (Å²) >= 11 is 7.13. The fourth-order valence-electron chi connectivity index (χ4n) is 1.41. The van der Waals surface area contributed by atoms with Crippen LogP contribution in [-0.4, -0.2) is 16.1 Å². The summed E-state index contributed by atoms with van der Waals surface area (Å²) < 4.78 is 13.0. The van der Waals surface area contributed by atoms with Gasteiger partial charge in [-0.25, -0.2) is 14.2 Å². The van der Waals surface area contributed by atoms with E-state index in [9.17, 15) is 9.18 Å². The molecule has 0 unspecified atom stereocenters. The van der Waals surface area contributed by atoms with Crippen LogP contribution < -0.4 is 0 Å². The number of hydrogen-bond donors (Lipinski definition) is 1. The molecule has 2 rings (SSSR count). The number of carboxylic acids is 1. The number of benzene rings is 1. The van der Waals surface area contributed by atoms with Crippen LogP contribution in [0.3, 0.4) is 0 Å². The molecule has 1 N–H and O–H groups in total. The van der Waals surface area contributed by atoms with Crippen molar-refractivity contribution in [2.75, 3.05) is 0 Å². The van der Waals surface area contributed by atoms with E-state index in [1.807, 2.05) is 0 Å². The van der Waals surface area contributed by atoms with Crippen LogP contribution in [0.15, 0.2) is 41.4 Å². The standard InChI is InChI=1S/C13H9ClFNO2S/c14-10-5-8(1-2-11(10)15)7-19-9-3-4-16-12(6-9)13(17)18/h1-6H,7H2,(H,17,18). The molecule has 0 aliphatic carbocycles. The summed E-state index contributed by atoms with van der Waals surface area (Å²) in [5.74, 6) is -0.942. The third kappa shape index (κ3) is 3.68. The minimum atomic E-state index is -1.06. The molecule has 1 heterocycles. The molecule has 0 saturated heterocycles. The van der Waals surface area contributed by atoms with Gasteiger partial charge in [-0.15, -0.1) is 11.8 Å². The summed E-state index contributed by atoms with van der Waals surface area (Å²) in [5.41, 5.74) is 0.868. The summed E-state index contributed by atoms with van der Waals surface area (Å²) in [6.07, 6.45) is 1.45. The molecule has 98 valence electrons. The quantitative estimate of drug-likeness (QED) is 0.871. The molecule has 2 aromatic rings. The number of carbonyl (C=O) groups is 1. The van der Waals surface area contributed by atoms with Crippen LogP contribution in [0.5, 0.6) is 0 Å². The van der Waals surface area contributed by atoms with Crippen molar-refractivity contribution in [1.29, 1.82) is 0 Å². The smallest absolute Gasteiger partial charge is 0.354 e. The van der Waals surface area contributed by atoms with Gasteiger partial charge in [0.25, 0.3) is 0 Å². The molecule has 0 amide bonds. The van der Waals surface area contributed by atoms with Gasteiger partial charge in [0.05, 0.1) is 5.02 Å². The number of halogens is 2. The molecule has 0 aliphatic rings. The Labute approximate surface area is 118 Å². The lowest BCUT2D eigenvalue weighted by Gasteiger charge is -2.04. The van der Waals surface area contributed by atoms with Crippen LogP contribution in [0, 0.1) is 5.82 Å². The number of hydrogen-bond acceptors (Lipinski definition) is 3. The highest BCUT2D eigenvalue weighted by Crippen LogP contribution is 2.25. The third-order valence-corrected chi connectivity index (χ3v) is 3.69. The number of nitrogens with zero attached hydrogens (tertiary/aromatic N) is 1. The highest BCUT2D eigenvalue weighted by molar-refractivity contribution is 7.98. The monoisotopic (exact) mass is 297 g/mol. The maximum atomic E-state index is 13.0. The number of carboxylic acid groups (broad SMARTS) is 1. The van der Waals surface area contributed by atoms with E-state index in [0.717, 1.165) is 10.5 Å². The van der Waals surface area contributed by atoms with E-state index >= 15 is 0 Å². The Hall–Kier alpha value is -1.59. The van der Waals surface area contributed by atoms with Crippen molar-refractivity contribution in [1.82, 2.24) is 4.98 Å². The van der Waals surface area contributed by atoms with Gasteiger partial charge >= 0.3 is 5.97 Å². The topological polar surface area (TPSA) is 50.2 Å². The predicted octanol–water partition coefficient (Wildman–Crippen LogP) is 3.86. The second-order valence-corrected chi connectivity index (χ2v) is 5.18. The summed E-state index contributed by atoms with van der Waals surface area (Å²) in [4.78, 5) is 15.3. The van der Waals surface area contributed by atoms with E-state index in [1.54, 1.807) is 18.2 Å². The van der Waals surface area contributed by atoms with Crippen LogP contribution in [0.4, 0.5) is 4.39 Å². The van der Waals surface area contributed by atoms with Gasteiger partial charge in [0.15, 0.2) is 0 Å². The fraction of sp³-hybridized carbons (Fsp3) is 0.0769. The largest absolute Gasteiger partial charge is 0.477 e. The molecule has 3 nitrogen and oxygen atoms in total. The van der Waals surface area contributed by atoms with Crippen LogP contribution >= 0.6 is 23.4 Å². The average molecular weight is 298 g/mol. The van der Waals surface area contributed by atoms with Gasteiger partial charge < -0.3 is 5.11 Å². The Balaban J connectivity index is 2.07. The first-order valence-electron chi connectivity index (χ1n) is 5.32. The molecular formula is C13H9ClFNO2S. The zero-order valence-corrected chi connectivity index (χ0v) is 11.2. The Kier molecular flexibility index (Phi) is 4.39. The number of rotatable bonds is 4. The minimum Gasteiger partial charge on any atom is -0.477 e. The number of aromatic nitrogens is 1. The normalized spacial score (nSPS) is 10.4. The Morgan fingerprint density at radius 2 is 2.16 bits per heavy atom. The first-order valence-corrected chi connectivity index (χ1v) is 6.68. The summed E-state index contributed by atoms with van der Waals surface area (Å²) in [6, 6.07) is 7.74. The van der Waals surface area contributed by atoms with E-state index in [-0.39, 0.29) is 10.7 Å². The second kappa shape index (κ2) is 6.04. The van der Waals surface area contributed by atoms with Gasteiger partial charge in [-0.05, 0) is 29.8 Å². The summed E-state index contributed by atoms with van der Waals surface area (Å²) in [6.45, 7) is 0. The number of pyridine rings is 1. The SMILES string of the molecule is O=C(O)c1cc(SCc2ccc(F)c(Cl)c2)ccn1. The third-order valence-electron chi connectivity index (χ3n) is 2.34. The van der Waals surface area contributed by atoms with Crippen molar-refractivity contribution < 1.29 is 14.3 Å². The molecule has 1 aromatic heterocycles. The highest BCUT2D eigenvalue weighted by Gasteiger charge is 2.06. The molecule has 0 radical (unpaired) electrons. The van der Waals surface area contributed by atoms with Crippen molar-refractivity contribution >= 4 is 29.3 Å². The first-order chi connectivity index (χ1) is 9.06. The molecular weight excluding hydrogens is 289 g/mol. The molecule has 19 heavy (non-hydrogen) atoms. The Morgan fingerprint density at radius 1 is 1.37 bits per heavy atom. The summed E-state index contributed by atoms with van der Waals surface area (Å²) in [5, 5.41) is 8.91. The maximum Gasteiger partial charge on any atom is 0.354 e. The van der Waals surface area contributed by atoms with Gasteiger partial charge in [-0.2, -0.15) is 0 Å². The van der Waals surface area contributed by atoms with Crippen molar-refractivity contribution in [2.45, 2.75) is 10.6 Å². The van der Waals surface area contributed by atoms with Crippen molar-refractivity contribution in [2.24, 2.45) is 0 Å². The Morgan fingerprint density at radius 3 is 2.84 bits per heavy atom. The minimum absolute atomic E-state index is 0.00198. The van der Waals surface area contributed by atoms with Crippen LogP contribution in [-0.2, 0) is 5.75 Å². The zero-order chi connectivity index (χ0) is 13.8. The van der Waals surface area contributed by atoms with E-state index in [0.29, 0.717) is 5.75 Å². The number of thioether (sulfide) groups is 1. The van der Waals surface area contributed by atoms with Crippen molar-refractivity contribution in [3.05, 3.63) is 58.6 Å². The molecule has 0 atom stereocenters. The first kappa shape index (κ1) is 13.8. The van der Waals surface area contributed by atoms with Gasteiger partial charge in [0, 0.05) is 16.8 Å². The molecule has 0 saturated carbocycles.